The lowest BCUT2D eigenvalue weighted by molar-refractivity contribution is -0.124. The Hall–Kier alpha value is -1.02. The van der Waals surface area contributed by atoms with Crippen molar-refractivity contribution in [1.29, 1.82) is 0 Å². The maximum absolute atomic E-state index is 6.15. The van der Waals surface area contributed by atoms with Gasteiger partial charge in [0, 0.05) is 6.42 Å². The molecule has 2 unspecified atom stereocenters. The molecule has 0 saturated heterocycles. The van der Waals surface area contributed by atoms with Crippen molar-refractivity contribution in [3.63, 3.8) is 0 Å². The van der Waals surface area contributed by atoms with Crippen LogP contribution in [0.2, 0.25) is 0 Å². The predicted molar refractivity (Wildman–Crippen MR) is 120 cm³/mol. The zero-order valence-corrected chi connectivity index (χ0v) is 20.0. The summed E-state index contributed by atoms with van der Waals surface area (Å²) in [6.07, 6.45) is 3.19. The van der Waals surface area contributed by atoms with E-state index in [0.29, 0.717) is 11.3 Å². The molecule has 0 bridgehead atoms. The molecule has 0 N–H and O–H groups in total. The third kappa shape index (κ3) is 12.1. The Kier molecular flexibility index (Phi) is 11.3. The van der Waals surface area contributed by atoms with E-state index in [-0.39, 0.29) is 17.8 Å². The van der Waals surface area contributed by atoms with Crippen LogP contribution in [0.3, 0.4) is 0 Å². The molecule has 0 amide bonds. The molecule has 158 valence electrons. The Balaban J connectivity index is 0.00000326. The third-order valence-electron chi connectivity index (χ3n) is 4.17. The van der Waals surface area contributed by atoms with Crippen LogP contribution >= 0.6 is 0 Å². The van der Waals surface area contributed by atoms with Gasteiger partial charge in [-0.15, -0.1) is 0 Å². The highest BCUT2D eigenvalue weighted by molar-refractivity contribution is 5.29. The quantitative estimate of drug-likeness (QED) is 0.424. The summed E-state index contributed by atoms with van der Waals surface area (Å²) in [5, 5.41) is 0. The molecular weight excluding hydrogens is 332 g/mol. The third-order valence-corrected chi connectivity index (χ3v) is 4.17. The summed E-state index contributed by atoms with van der Waals surface area (Å²) in [6.45, 7) is 24.0. The summed E-state index contributed by atoms with van der Waals surface area (Å²) in [5.41, 5.74) is 1.92. The van der Waals surface area contributed by atoms with Crippen molar-refractivity contribution in [3.05, 3.63) is 29.8 Å². The number of ether oxygens (including phenoxy) is 2. The van der Waals surface area contributed by atoms with Gasteiger partial charge in [0.2, 0.25) is 6.29 Å². The first-order valence-electron chi connectivity index (χ1n) is 10.8. The van der Waals surface area contributed by atoms with E-state index in [2.05, 4.69) is 86.6 Å². The summed E-state index contributed by atoms with van der Waals surface area (Å²) in [6, 6.07) is 8.64. The predicted octanol–water partition coefficient (Wildman–Crippen LogP) is 8.21. The molecule has 0 radical (unpaired) electrons. The van der Waals surface area contributed by atoms with Gasteiger partial charge >= 0.3 is 0 Å². The second-order valence-corrected chi connectivity index (χ2v) is 9.94. The van der Waals surface area contributed by atoms with E-state index in [1.54, 1.807) is 0 Å². The lowest BCUT2D eigenvalue weighted by Crippen LogP contribution is -2.29. The molecule has 0 spiro atoms. The Morgan fingerprint density at radius 1 is 0.815 bits per heavy atom. The largest absolute Gasteiger partial charge is 0.465 e. The number of hydrogen-bond donors (Lipinski definition) is 0. The van der Waals surface area contributed by atoms with Gasteiger partial charge in [-0.05, 0) is 61.1 Å². The van der Waals surface area contributed by atoms with Gasteiger partial charge < -0.3 is 9.47 Å². The van der Waals surface area contributed by atoms with Crippen LogP contribution in [0.1, 0.15) is 107 Å². The van der Waals surface area contributed by atoms with Crippen LogP contribution in [-0.2, 0) is 4.74 Å². The molecule has 0 aliphatic carbocycles. The van der Waals surface area contributed by atoms with E-state index >= 15 is 0 Å². The lowest BCUT2D eigenvalue weighted by Gasteiger charge is -2.28. The van der Waals surface area contributed by atoms with Crippen molar-refractivity contribution in [1.82, 2.24) is 0 Å². The van der Waals surface area contributed by atoms with Crippen molar-refractivity contribution < 1.29 is 9.47 Å². The summed E-state index contributed by atoms with van der Waals surface area (Å²) >= 11 is 0. The maximum atomic E-state index is 6.15. The van der Waals surface area contributed by atoms with E-state index in [1.807, 2.05) is 13.8 Å². The van der Waals surface area contributed by atoms with E-state index < -0.39 is 0 Å². The van der Waals surface area contributed by atoms with Gasteiger partial charge in [0.25, 0.3) is 0 Å². The van der Waals surface area contributed by atoms with Gasteiger partial charge in [-0.3, -0.25) is 0 Å². The first-order chi connectivity index (χ1) is 12.4. The Labute approximate surface area is 170 Å². The van der Waals surface area contributed by atoms with Crippen LogP contribution in [0.15, 0.2) is 24.3 Å². The topological polar surface area (TPSA) is 18.5 Å². The van der Waals surface area contributed by atoms with E-state index in [1.165, 1.54) is 18.4 Å². The van der Waals surface area contributed by atoms with Crippen LogP contribution in [0.25, 0.3) is 0 Å². The highest BCUT2D eigenvalue weighted by Gasteiger charge is 2.22. The van der Waals surface area contributed by atoms with Gasteiger partial charge in [-0.25, -0.2) is 0 Å². The van der Waals surface area contributed by atoms with Gasteiger partial charge in [-0.2, -0.15) is 0 Å². The van der Waals surface area contributed by atoms with Gasteiger partial charge in [0.05, 0.1) is 6.10 Å². The Morgan fingerprint density at radius 3 is 1.67 bits per heavy atom. The molecule has 2 atom stereocenters. The highest BCUT2D eigenvalue weighted by atomic mass is 16.7. The molecule has 1 aromatic carbocycles. The van der Waals surface area contributed by atoms with Gasteiger partial charge in [0.15, 0.2) is 0 Å². The molecule has 0 aliphatic heterocycles. The fourth-order valence-corrected chi connectivity index (χ4v) is 3.13. The van der Waals surface area contributed by atoms with Crippen molar-refractivity contribution >= 4 is 0 Å². The van der Waals surface area contributed by atoms with Gasteiger partial charge in [0.1, 0.15) is 5.75 Å². The maximum Gasteiger partial charge on any atom is 0.200 e. The van der Waals surface area contributed by atoms with Crippen molar-refractivity contribution in [3.8, 4) is 5.75 Å². The summed E-state index contributed by atoms with van der Waals surface area (Å²) < 4.78 is 12.1. The first-order valence-corrected chi connectivity index (χ1v) is 10.8. The van der Waals surface area contributed by atoms with Crippen molar-refractivity contribution in [2.24, 2.45) is 10.8 Å². The monoisotopic (exact) mass is 378 g/mol. The van der Waals surface area contributed by atoms with Crippen LogP contribution in [-0.4, -0.2) is 12.4 Å². The van der Waals surface area contributed by atoms with Gasteiger partial charge in [-0.1, -0.05) is 74.4 Å². The Bertz CT molecular complexity index is 489. The molecule has 0 fully saturated rings. The lowest BCUT2D eigenvalue weighted by atomic mass is 9.80. The molecule has 0 aromatic heterocycles. The number of hydrogen-bond acceptors (Lipinski definition) is 2. The molecule has 0 saturated carbocycles. The van der Waals surface area contributed by atoms with E-state index in [9.17, 15) is 0 Å². The normalized spacial score (nSPS) is 14.4. The molecule has 2 nitrogen and oxygen atoms in total. The highest BCUT2D eigenvalue weighted by Crippen LogP contribution is 2.34. The summed E-state index contributed by atoms with van der Waals surface area (Å²) in [4.78, 5) is 0. The van der Waals surface area contributed by atoms with Crippen molar-refractivity contribution in [2.75, 3.05) is 0 Å². The SMILES string of the molecule is CC.CCC(CC(C)(C)C)c1ccc(OC(CC(C)(C)C)OC(C)C)cc1. The summed E-state index contributed by atoms with van der Waals surface area (Å²) in [7, 11) is 0. The fourth-order valence-electron chi connectivity index (χ4n) is 3.13. The molecule has 1 aromatic rings. The minimum absolute atomic E-state index is 0.155. The van der Waals surface area contributed by atoms with Crippen LogP contribution in [0, 0.1) is 10.8 Å². The smallest absolute Gasteiger partial charge is 0.200 e. The molecule has 0 aliphatic rings. The average molecular weight is 379 g/mol. The molecule has 2 heteroatoms. The first kappa shape index (κ1) is 26.0. The zero-order chi connectivity index (χ0) is 21.3. The number of rotatable bonds is 8. The van der Waals surface area contributed by atoms with Crippen LogP contribution in [0.5, 0.6) is 5.75 Å². The average Bonchev–Trinajstić information content (AvgIpc) is 2.52. The second-order valence-electron chi connectivity index (χ2n) is 9.94. The minimum Gasteiger partial charge on any atom is -0.465 e. The van der Waals surface area contributed by atoms with E-state index in [4.69, 9.17) is 9.47 Å². The Morgan fingerprint density at radius 2 is 1.30 bits per heavy atom. The fraction of sp³-hybridized carbons (Fsp3) is 0.760. The summed E-state index contributed by atoms with van der Waals surface area (Å²) in [5.74, 6) is 1.50. The van der Waals surface area contributed by atoms with Crippen LogP contribution in [0.4, 0.5) is 0 Å². The molecule has 0 heterocycles. The van der Waals surface area contributed by atoms with Crippen molar-refractivity contribution in [2.45, 2.75) is 114 Å². The van der Waals surface area contributed by atoms with Crippen LogP contribution < -0.4 is 4.74 Å². The second kappa shape index (κ2) is 11.7. The minimum atomic E-state index is -0.206. The molecule has 1 rings (SSSR count). The molecular formula is C25H46O2. The van der Waals surface area contributed by atoms with E-state index in [0.717, 1.165) is 12.2 Å². The zero-order valence-electron chi connectivity index (χ0n) is 20.0. The molecule has 27 heavy (non-hydrogen) atoms. The standard InChI is InChI=1S/C23H40O2.C2H6/c1-10-18(15-22(4,5)6)19-11-13-20(14-12-19)25-21(24-17(2)3)16-23(7,8)9;1-2/h11-14,17-18,21H,10,15-16H2,1-9H3;1-2H3. The number of benzene rings is 1.